The third-order valence-corrected chi connectivity index (χ3v) is 4.16. The van der Waals surface area contributed by atoms with Crippen LogP contribution in [0.5, 0.6) is 0 Å². The first-order chi connectivity index (χ1) is 9.27. The van der Waals surface area contributed by atoms with Gasteiger partial charge in [-0.05, 0) is 45.7 Å². The molecule has 1 fully saturated rings. The highest BCUT2D eigenvalue weighted by Crippen LogP contribution is 2.36. The molecule has 0 unspecified atom stereocenters. The minimum Gasteiger partial charge on any atom is -0.398 e. The van der Waals surface area contributed by atoms with Gasteiger partial charge in [0.25, 0.3) is 0 Å². The van der Waals surface area contributed by atoms with Crippen molar-refractivity contribution in [2.75, 3.05) is 0 Å². The highest BCUT2D eigenvalue weighted by molar-refractivity contribution is 6.61. The first kappa shape index (κ1) is 15.3. The second kappa shape index (κ2) is 5.36. The summed E-state index contributed by atoms with van der Waals surface area (Å²) >= 11 is 5.99. The summed E-state index contributed by atoms with van der Waals surface area (Å²) in [6.07, 6.45) is 2.58. The van der Waals surface area contributed by atoms with E-state index in [1.165, 1.54) is 0 Å². The molecule has 2 rings (SSSR count). The van der Waals surface area contributed by atoms with Crippen LogP contribution in [0, 0.1) is 11.3 Å². The Bertz CT molecular complexity index is 539. The molecular weight excluding hydrogens is 274 g/mol. The van der Waals surface area contributed by atoms with E-state index in [0.29, 0.717) is 23.5 Å². The van der Waals surface area contributed by atoms with Crippen molar-refractivity contribution in [3.8, 4) is 6.07 Å². The first-order valence-corrected chi connectivity index (χ1v) is 7.01. The van der Waals surface area contributed by atoms with E-state index < -0.39 is 18.3 Å². The number of pyridine rings is 1. The lowest BCUT2D eigenvalue weighted by molar-refractivity contribution is 0.00578. The van der Waals surface area contributed by atoms with Crippen molar-refractivity contribution in [3.63, 3.8) is 0 Å². The number of halogens is 1. The Morgan fingerprint density at radius 3 is 2.45 bits per heavy atom. The van der Waals surface area contributed by atoms with Gasteiger partial charge in [0.2, 0.25) is 0 Å². The molecule has 0 bridgehead atoms. The zero-order valence-corrected chi connectivity index (χ0v) is 13.0. The SMILES string of the molecule is CC1(C)OB(c2ncc(Cl)cc2CCC#N)OC1(C)C. The maximum atomic E-state index is 8.75. The van der Waals surface area contributed by atoms with Crippen molar-refractivity contribution in [2.45, 2.75) is 51.7 Å². The fourth-order valence-corrected chi connectivity index (χ4v) is 2.23. The maximum Gasteiger partial charge on any atom is 0.514 e. The third-order valence-electron chi connectivity index (χ3n) is 3.95. The normalized spacial score (nSPS) is 19.9. The summed E-state index contributed by atoms with van der Waals surface area (Å²) in [7, 11) is -0.522. The lowest BCUT2D eigenvalue weighted by Crippen LogP contribution is -2.41. The monoisotopic (exact) mass is 292 g/mol. The minimum atomic E-state index is -0.522. The number of aromatic nitrogens is 1. The molecule has 0 amide bonds. The molecule has 0 aromatic carbocycles. The molecule has 0 aliphatic carbocycles. The van der Waals surface area contributed by atoms with Gasteiger partial charge in [-0.25, -0.2) is 0 Å². The molecule has 0 saturated carbocycles. The summed E-state index contributed by atoms with van der Waals surface area (Å²) in [5, 5.41) is 9.31. The van der Waals surface area contributed by atoms with E-state index in [9.17, 15) is 0 Å². The molecular formula is C14H18BClN2O2. The molecule has 106 valence electrons. The van der Waals surface area contributed by atoms with E-state index in [2.05, 4.69) is 11.1 Å². The van der Waals surface area contributed by atoms with E-state index in [-0.39, 0.29) is 0 Å². The number of rotatable bonds is 3. The lowest BCUT2D eigenvalue weighted by Gasteiger charge is -2.32. The number of nitrogens with zero attached hydrogens (tertiary/aromatic N) is 2. The molecule has 0 spiro atoms. The summed E-state index contributed by atoms with van der Waals surface area (Å²) in [4.78, 5) is 4.35. The van der Waals surface area contributed by atoms with Crippen LogP contribution in [0.4, 0.5) is 0 Å². The lowest BCUT2D eigenvalue weighted by atomic mass is 9.80. The van der Waals surface area contributed by atoms with Gasteiger partial charge in [-0.15, -0.1) is 0 Å². The smallest absolute Gasteiger partial charge is 0.398 e. The Hall–Kier alpha value is -1.09. The molecule has 1 aliphatic rings. The van der Waals surface area contributed by atoms with E-state index in [1.807, 2.05) is 33.8 Å². The second-order valence-electron chi connectivity index (χ2n) is 5.94. The molecule has 0 radical (unpaired) electrons. The van der Waals surface area contributed by atoms with Crippen LogP contribution in [0.25, 0.3) is 0 Å². The van der Waals surface area contributed by atoms with Gasteiger partial charge >= 0.3 is 7.12 Å². The average Bonchev–Trinajstić information content (AvgIpc) is 2.55. The highest BCUT2D eigenvalue weighted by Gasteiger charge is 2.52. The predicted molar refractivity (Wildman–Crippen MR) is 78.9 cm³/mol. The Kier molecular flexibility index (Phi) is 4.10. The van der Waals surface area contributed by atoms with Crippen molar-refractivity contribution in [1.29, 1.82) is 5.26 Å². The average molecular weight is 293 g/mol. The molecule has 0 atom stereocenters. The molecule has 1 aromatic heterocycles. The van der Waals surface area contributed by atoms with Crippen molar-refractivity contribution in [3.05, 3.63) is 22.8 Å². The van der Waals surface area contributed by atoms with Crippen molar-refractivity contribution < 1.29 is 9.31 Å². The topological polar surface area (TPSA) is 55.1 Å². The minimum absolute atomic E-state index is 0.411. The fourth-order valence-electron chi connectivity index (χ4n) is 2.05. The highest BCUT2D eigenvalue weighted by atomic mass is 35.5. The van der Waals surface area contributed by atoms with E-state index in [4.69, 9.17) is 26.2 Å². The number of nitriles is 1. The summed E-state index contributed by atoms with van der Waals surface area (Å²) < 4.78 is 12.0. The quantitative estimate of drug-likeness (QED) is 0.803. The second-order valence-corrected chi connectivity index (χ2v) is 6.38. The van der Waals surface area contributed by atoms with Crippen LogP contribution in [-0.4, -0.2) is 23.3 Å². The third kappa shape index (κ3) is 2.83. The van der Waals surface area contributed by atoms with Gasteiger partial charge in [0.1, 0.15) is 0 Å². The first-order valence-electron chi connectivity index (χ1n) is 6.64. The largest absolute Gasteiger partial charge is 0.514 e. The number of hydrogen-bond acceptors (Lipinski definition) is 4. The van der Waals surface area contributed by atoms with Gasteiger partial charge in [-0.2, -0.15) is 5.26 Å². The van der Waals surface area contributed by atoms with Crippen LogP contribution in [-0.2, 0) is 15.7 Å². The van der Waals surface area contributed by atoms with E-state index >= 15 is 0 Å². The van der Waals surface area contributed by atoms with Crippen LogP contribution in [0.15, 0.2) is 12.3 Å². The number of aryl methyl sites for hydroxylation is 1. The van der Waals surface area contributed by atoms with E-state index in [0.717, 1.165) is 5.56 Å². The Balaban J connectivity index is 2.32. The van der Waals surface area contributed by atoms with Crippen LogP contribution in [0.3, 0.4) is 0 Å². The van der Waals surface area contributed by atoms with Gasteiger partial charge < -0.3 is 9.31 Å². The van der Waals surface area contributed by atoms with Crippen molar-refractivity contribution in [1.82, 2.24) is 4.98 Å². The number of hydrogen-bond donors (Lipinski definition) is 0. The van der Waals surface area contributed by atoms with Crippen LogP contribution in [0.2, 0.25) is 5.02 Å². The molecule has 0 N–H and O–H groups in total. The fraction of sp³-hybridized carbons (Fsp3) is 0.571. The standard InChI is InChI=1S/C14H18BClN2O2/c1-13(2)14(3,4)20-15(19-13)12-10(6-5-7-17)8-11(16)9-18-12/h8-9H,5-6H2,1-4H3. The van der Waals surface area contributed by atoms with E-state index in [1.54, 1.807) is 6.20 Å². The predicted octanol–water partition coefficient (Wildman–Crippen LogP) is 2.49. The molecule has 6 heteroatoms. The summed E-state index contributed by atoms with van der Waals surface area (Å²) in [6.45, 7) is 7.99. The molecule has 4 nitrogen and oxygen atoms in total. The van der Waals surface area contributed by atoms with Crippen LogP contribution < -0.4 is 5.59 Å². The molecule has 1 aliphatic heterocycles. The molecule has 2 heterocycles. The van der Waals surface area contributed by atoms with Crippen LogP contribution >= 0.6 is 11.6 Å². The summed E-state index contributed by atoms with van der Waals surface area (Å²) in [5.41, 5.74) is 0.789. The Morgan fingerprint density at radius 1 is 1.30 bits per heavy atom. The molecule has 20 heavy (non-hydrogen) atoms. The van der Waals surface area contributed by atoms with Gasteiger partial charge in [0.05, 0.1) is 27.9 Å². The van der Waals surface area contributed by atoms with Gasteiger partial charge in [0, 0.05) is 12.6 Å². The van der Waals surface area contributed by atoms with Gasteiger partial charge in [-0.1, -0.05) is 11.6 Å². The maximum absolute atomic E-state index is 8.75. The van der Waals surface area contributed by atoms with Crippen LogP contribution in [0.1, 0.15) is 39.7 Å². The molecule has 1 aromatic rings. The van der Waals surface area contributed by atoms with Crippen molar-refractivity contribution in [2.24, 2.45) is 0 Å². The van der Waals surface area contributed by atoms with Gasteiger partial charge in [-0.3, -0.25) is 4.98 Å². The Morgan fingerprint density at radius 2 is 1.90 bits per heavy atom. The Labute approximate surface area is 125 Å². The zero-order chi connectivity index (χ0) is 15.0. The zero-order valence-electron chi connectivity index (χ0n) is 12.2. The summed E-state index contributed by atoms with van der Waals surface area (Å²) in [5.74, 6) is 0. The molecule has 1 saturated heterocycles. The van der Waals surface area contributed by atoms with Crippen molar-refractivity contribution >= 4 is 24.3 Å². The van der Waals surface area contributed by atoms with Gasteiger partial charge in [0.15, 0.2) is 0 Å². The summed E-state index contributed by atoms with van der Waals surface area (Å²) in [6, 6.07) is 3.96.